The Bertz CT molecular complexity index is 780. The molecule has 1 aliphatic heterocycles. The Kier molecular flexibility index (Phi) is 6.45. The first-order valence-corrected chi connectivity index (χ1v) is 10.1. The summed E-state index contributed by atoms with van der Waals surface area (Å²) in [5.41, 5.74) is 1.73. The molecule has 1 aliphatic rings. The van der Waals surface area contributed by atoms with Crippen LogP contribution in [0.3, 0.4) is 0 Å². The van der Waals surface area contributed by atoms with E-state index in [1.165, 1.54) is 6.92 Å². The first kappa shape index (κ1) is 19.4. The van der Waals surface area contributed by atoms with Crippen LogP contribution in [-0.2, 0) is 11.2 Å². The van der Waals surface area contributed by atoms with E-state index < -0.39 is 0 Å². The van der Waals surface area contributed by atoms with Crippen molar-refractivity contribution in [1.82, 2.24) is 15.2 Å². The zero-order valence-electron chi connectivity index (χ0n) is 15.7. The average Bonchev–Trinajstić information content (AvgIpc) is 3.16. The lowest BCUT2D eigenvalue weighted by Gasteiger charge is -2.31. The van der Waals surface area contributed by atoms with Crippen LogP contribution in [-0.4, -0.2) is 48.4 Å². The maximum atomic E-state index is 12.7. The van der Waals surface area contributed by atoms with E-state index in [1.807, 2.05) is 29.2 Å². The number of rotatable bonds is 6. The van der Waals surface area contributed by atoms with Crippen LogP contribution < -0.4 is 10.1 Å². The second kappa shape index (κ2) is 8.99. The standard InChI is InChI=1S/C20H25N3O3S/c1-14(24)21-10-7-17-13-27-19(22-17)15-8-11-23(12-9-15)20(25)16-3-5-18(26-2)6-4-16/h3-6,13,15H,7-12H2,1-2H3,(H,21,24). The number of hydrogen-bond donors (Lipinski definition) is 1. The van der Waals surface area contributed by atoms with Crippen LogP contribution in [0.4, 0.5) is 0 Å². The minimum atomic E-state index is -0.0145. The van der Waals surface area contributed by atoms with Crippen molar-refractivity contribution in [2.45, 2.75) is 32.1 Å². The smallest absolute Gasteiger partial charge is 0.253 e. The minimum Gasteiger partial charge on any atom is -0.497 e. The molecule has 2 aromatic rings. The number of aromatic nitrogens is 1. The van der Waals surface area contributed by atoms with Crippen molar-refractivity contribution in [3.05, 3.63) is 45.9 Å². The monoisotopic (exact) mass is 387 g/mol. The van der Waals surface area contributed by atoms with Gasteiger partial charge in [0.05, 0.1) is 17.8 Å². The first-order valence-electron chi connectivity index (χ1n) is 9.19. The molecule has 1 saturated heterocycles. The van der Waals surface area contributed by atoms with Gasteiger partial charge in [-0.1, -0.05) is 0 Å². The third-order valence-electron chi connectivity index (χ3n) is 4.79. The lowest BCUT2D eigenvalue weighted by Crippen LogP contribution is -2.37. The molecule has 1 fully saturated rings. The number of carbonyl (C=O) groups excluding carboxylic acids is 2. The molecule has 1 aromatic carbocycles. The Morgan fingerprint density at radius 2 is 1.96 bits per heavy atom. The van der Waals surface area contributed by atoms with Gasteiger partial charge in [-0.05, 0) is 37.1 Å². The van der Waals surface area contributed by atoms with Crippen molar-refractivity contribution in [2.24, 2.45) is 0 Å². The van der Waals surface area contributed by atoms with E-state index in [1.54, 1.807) is 18.4 Å². The van der Waals surface area contributed by atoms with Gasteiger partial charge in [-0.25, -0.2) is 4.98 Å². The fourth-order valence-corrected chi connectivity index (χ4v) is 4.26. The molecule has 0 saturated carbocycles. The van der Waals surface area contributed by atoms with Crippen LogP contribution in [0.1, 0.15) is 46.7 Å². The van der Waals surface area contributed by atoms with Crippen molar-refractivity contribution in [3.63, 3.8) is 0 Å². The molecule has 0 spiro atoms. The molecule has 0 unspecified atom stereocenters. The third kappa shape index (κ3) is 5.07. The van der Waals surface area contributed by atoms with Gasteiger partial charge >= 0.3 is 0 Å². The van der Waals surface area contributed by atoms with Gasteiger partial charge in [0.1, 0.15) is 5.75 Å². The van der Waals surface area contributed by atoms with Crippen LogP contribution in [0.25, 0.3) is 0 Å². The van der Waals surface area contributed by atoms with Crippen LogP contribution in [0, 0.1) is 0 Å². The van der Waals surface area contributed by atoms with Crippen molar-refractivity contribution in [3.8, 4) is 5.75 Å². The summed E-state index contributed by atoms with van der Waals surface area (Å²) in [7, 11) is 1.62. The van der Waals surface area contributed by atoms with Gasteiger partial charge in [0.2, 0.25) is 5.91 Å². The second-order valence-electron chi connectivity index (χ2n) is 6.71. The molecule has 27 heavy (non-hydrogen) atoms. The number of thiazole rings is 1. The van der Waals surface area contributed by atoms with Crippen molar-refractivity contribution >= 4 is 23.2 Å². The predicted octanol–water partition coefficient (Wildman–Crippen LogP) is 2.85. The predicted molar refractivity (Wildman–Crippen MR) is 105 cm³/mol. The fourth-order valence-electron chi connectivity index (χ4n) is 3.24. The molecule has 1 N–H and O–H groups in total. The molecule has 0 radical (unpaired) electrons. The van der Waals surface area contributed by atoms with Crippen molar-refractivity contribution < 1.29 is 14.3 Å². The summed E-state index contributed by atoms with van der Waals surface area (Å²) in [5.74, 6) is 1.22. The summed E-state index contributed by atoms with van der Waals surface area (Å²) in [6, 6.07) is 7.26. The highest BCUT2D eigenvalue weighted by Gasteiger charge is 2.26. The topological polar surface area (TPSA) is 71.5 Å². The van der Waals surface area contributed by atoms with E-state index in [2.05, 4.69) is 10.7 Å². The number of nitrogens with one attached hydrogen (secondary N) is 1. The first-order chi connectivity index (χ1) is 13.1. The van der Waals surface area contributed by atoms with Gasteiger partial charge in [0, 0.05) is 49.8 Å². The molecule has 7 heteroatoms. The minimum absolute atomic E-state index is 0.0145. The lowest BCUT2D eigenvalue weighted by atomic mass is 9.97. The number of piperidine rings is 1. The number of benzene rings is 1. The molecule has 6 nitrogen and oxygen atoms in total. The summed E-state index contributed by atoms with van der Waals surface area (Å²) in [5, 5.41) is 6.02. The van der Waals surface area contributed by atoms with E-state index in [-0.39, 0.29) is 11.8 Å². The fraction of sp³-hybridized carbons (Fsp3) is 0.450. The summed E-state index contributed by atoms with van der Waals surface area (Å²) < 4.78 is 5.14. The second-order valence-corrected chi connectivity index (χ2v) is 7.59. The molecular formula is C20H25N3O3S. The molecule has 2 heterocycles. The summed E-state index contributed by atoms with van der Waals surface area (Å²) >= 11 is 1.68. The Labute approximate surface area is 163 Å². The van der Waals surface area contributed by atoms with Crippen molar-refractivity contribution in [2.75, 3.05) is 26.7 Å². The summed E-state index contributed by atoms with van der Waals surface area (Å²) in [6.07, 6.45) is 2.62. The number of nitrogens with zero attached hydrogens (tertiary/aromatic N) is 2. The Balaban J connectivity index is 1.51. The maximum absolute atomic E-state index is 12.7. The van der Waals surface area contributed by atoms with E-state index >= 15 is 0 Å². The Hall–Kier alpha value is -2.41. The molecule has 0 aliphatic carbocycles. The van der Waals surface area contributed by atoms with Crippen LogP contribution in [0.15, 0.2) is 29.6 Å². The molecule has 1 aromatic heterocycles. The van der Waals surface area contributed by atoms with Gasteiger partial charge in [0.25, 0.3) is 5.91 Å². The van der Waals surface area contributed by atoms with E-state index in [0.29, 0.717) is 18.0 Å². The number of amides is 2. The molecule has 0 atom stereocenters. The number of likely N-dealkylation sites (tertiary alicyclic amines) is 1. The Morgan fingerprint density at radius 3 is 2.59 bits per heavy atom. The highest BCUT2D eigenvalue weighted by atomic mass is 32.1. The van der Waals surface area contributed by atoms with Crippen molar-refractivity contribution in [1.29, 1.82) is 0 Å². The van der Waals surface area contributed by atoms with Crippen LogP contribution >= 0.6 is 11.3 Å². The third-order valence-corrected chi connectivity index (χ3v) is 5.85. The van der Waals surface area contributed by atoms with Crippen LogP contribution in [0.5, 0.6) is 5.75 Å². The van der Waals surface area contributed by atoms with E-state index in [0.717, 1.165) is 48.8 Å². The molecule has 144 valence electrons. The van der Waals surface area contributed by atoms with Gasteiger partial charge in [0.15, 0.2) is 0 Å². The zero-order chi connectivity index (χ0) is 19.2. The SMILES string of the molecule is COc1ccc(C(=O)N2CCC(c3nc(CCNC(C)=O)cs3)CC2)cc1. The van der Waals surface area contributed by atoms with Gasteiger partial charge in [-0.3, -0.25) is 9.59 Å². The summed E-state index contributed by atoms with van der Waals surface area (Å²) in [4.78, 5) is 30.2. The van der Waals surface area contributed by atoms with Gasteiger partial charge in [-0.2, -0.15) is 0 Å². The average molecular weight is 388 g/mol. The quantitative estimate of drug-likeness (QED) is 0.827. The zero-order valence-corrected chi connectivity index (χ0v) is 16.6. The van der Waals surface area contributed by atoms with Gasteiger partial charge in [-0.15, -0.1) is 11.3 Å². The highest BCUT2D eigenvalue weighted by Crippen LogP contribution is 2.31. The Morgan fingerprint density at radius 1 is 1.26 bits per heavy atom. The van der Waals surface area contributed by atoms with Crippen LogP contribution in [0.2, 0.25) is 0 Å². The number of carbonyl (C=O) groups is 2. The van der Waals surface area contributed by atoms with E-state index in [4.69, 9.17) is 9.72 Å². The molecular weight excluding hydrogens is 362 g/mol. The molecule has 0 bridgehead atoms. The maximum Gasteiger partial charge on any atom is 0.253 e. The number of hydrogen-bond acceptors (Lipinski definition) is 5. The highest BCUT2D eigenvalue weighted by molar-refractivity contribution is 7.09. The van der Waals surface area contributed by atoms with Gasteiger partial charge < -0.3 is 15.0 Å². The number of methoxy groups -OCH3 is 1. The molecule has 3 rings (SSSR count). The normalized spacial score (nSPS) is 14.8. The summed E-state index contributed by atoms with van der Waals surface area (Å²) in [6.45, 7) is 3.63. The largest absolute Gasteiger partial charge is 0.497 e. The molecule has 2 amide bonds. The number of ether oxygens (including phenoxy) is 1. The lowest BCUT2D eigenvalue weighted by molar-refractivity contribution is -0.118. The van der Waals surface area contributed by atoms with E-state index in [9.17, 15) is 9.59 Å².